The molecule has 2 aromatic rings. The van der Waals surface area contributed by atoms with Crippen LogP contribution in [0.15, 0.2) is 52.2 Å². The number of rotatable bonds is 4. The summed E-state index contributed by atoms with van der Waals surface area (Å²) in [5.74, 6) is 0.794. The number of amides is 1. The lowest BCUT2D eigenvalue weighted by atomic mass is 10.00. The zero-order valence-electron chi connectivity index (χ0n) is 12.4. The summed E-state index contributed by atoms with van der Waals surface area (Å²) in [7, 11) is 0. The molecule has 1 amide bonds. The Bertz CT molecular complexity index is 692. The van der Waals surface area contributed by atoms with Gasteiger partial charge >= 0.3 is 0 Å². The minimum Gasteiger partial charge on any atom is -0.508 e. The fourth-order valence-corrected chi connectivity index (χ4v) is 2.67. The molecule has 1 N–H and O–H groups in total. The molecule has 0 aliphatic carbocycles. The average molecular weight is 298 g/mol. The lowest BCUT2D eigenvalue weighted by Crippen LogP contribution is -2.26. The van der Waals surface area contributed by atoms with Gasteiger partial charge < -0.3 is 9.52 Å². The predicted molar refractivity (Wildman–Crippen MR) is 82.5 cm³/mol. The third kappa shape index (κ3) is 2.62. The highest BCUT2D eigenvalue weighted by Crippen LogP contribution is 2.37. The summed E-state index contributed by atoms with van der Waals surface area (Å²) in [6.45, 7) is 1.96. The number of phenols is 1. The van der Waals surface area contributed by atoms with Gasteiger partial charge in [0.15, 0.2) is 0 Å². The minimum atomic E-state index is -0.291. The number of para-hydroxylation sites is 1. The number of phenolic OH excluding ortho intramolecular Hbond substituents is 1. The number of hydrogen-bond donors (Lipinski definition) is 1. The first kappa shape index (κ1) is 14.4. The van der Waals surface area contributed by atoms with Gasteiger partial charge in [0, 0.05) is 18.4 Å². The first-order valence-electron chi connectivity index (χ1n) is 7.42. The van der Waals surface area contributed by atoms with Crippen LogP contribution < -0.4 is 0 Å². The lowest BCUT2D eigenvalue weighted by Gasteiger charge is -2.22. The van der Waals surface area contributed by atoms with Gasteiger partial charge in [0.25, 0.3) is 0 Å². The molecule has 5 heteroatoms. The Morgan fingerprint density at radius 1 is 1.36 bits per heavy atom. The van der Waals surface area contributed by atoms with Gasteiger partial charge in [-0.1, -0.05) is 25.1 Å². The van der Waals surface area contributed by atoms with E-state index >= 15 is 0 Å². The number of carbonyl (C=O) groups is 1. The normalized spacial score (nSPS) is 17.6. The van der Waals surface area contributed by atoms with E-state index in [0.29, 0.717) is 24.2 Å². The van der Waals surface area contributed by atoms with E-state index in [4.69, 9.17) is 4.42 Å². The molecule has 22 heavy (non-hydrogen) atoms. The van der Waals surface area contributed by atoms with E-state index in [2.05, 4.69) is 5.10 Å². The summed E-state index contributed by atoms with van der Waals surface area (Å²) in [5, 5.41) is 16.0. The van der Waals surface area contributed by atoms with Crippen molar-refractivity contribution in [3.63, 3.8) is 0 Å². The quantitative estimate of drug-likeness (QED) is 0.940. The molecule has 1 aliphatic rings. The van der Waals surface area contributed by atoms with Crippen molar-refractivity contribution < 1.29 is 14.3 Å². The number of carbonyl (C=O) groups excluding carboxylic acids is 1. The molecule has 1 aliphatic heterocycles. The predicted octanol–water partition coefficient (Wildman–Crippen LogP) is 3.46. The van der Waals surface area contributed by atoms with E-state index in [1.807, 2.05) is 25.1 Å². The van der Waals surface area contributed by atoms with Crippen molar-refractivity contribution in [2.24, 2.45) is 5.10 Å². The van der Waals surface area contributed by atoms with Crippen molar-refractivity contribution in [3.8, 4) is 5.75 Å². The Labute approximate surface area is 128 Å². The number of hydrogen-bond acceptors (Lipinski definition) is 4. The van der Waals surface area contributed by atoms with Gasteiger partial charge in [-0.15, -0.1) is 0 Å². The second-order valence-corrected chi connectivity index (χ2v) is 5.29. The van der Waals surface area contributed by atoms with Crippen LogP contribution in [0, 0.1) is 0 Å². The summed E-state index contributed by atoms with van der Waals surface area (Å²) in [6, 6.07) is 10.4. The van der Waals surface area contributed by atoms with Crippen molar-refractivity contribution in [1.82, 2.24) is 5.01 Å². The molecule has 1 atom stereocenters. The minimum absolute atomic E-state index is 0.0442. The fraction of sp³-hybridized carbons (Fsp3) is 0.294. The Morgan fingerprint density at radius 2 is 2.18 bits per heavy atom. The maximum Gasteiger partial charge on any atom is 0.243 e. The zero-order chi connectivity index (χ0) is 15.5. The van der Waals surface area contributed by atoms with Crippen LogP contribution in [0.4, 0.5) is 0 Å². The number of furan rings is 1. The largest absolute Gasteiger partial charge is 0.508 e. The highest BCUT2D eigenvalue weighted by Gasteiger charge is 2.34. The molecule has 1 aromatic carbocycles. The summed E-state index contributed by atoms with van der Waals surface area (Å²) < 4.78 is 5.39. The summed E-state index contributed by atoms with van der Waals surface area (Å²) in [4.78, 5) is 12.4. The molecule has 0 saturated carbocycles. The van der Waals surface area contributed by atoms with Gasteiger partial charge in [-0.05, 0) is 24.6 Å². The number of nitrogens with zero attached hydrogens (tertiary/aromatic N) is 2. The molecule has 0 unspecified atom stereocenters. The summed E-state index contributed by atoms with van der Waals surface area (Å²) in [5.41, 5.74) is 1.43. The van der Waals surface area contributed by atoms with Crippen LogP contribution in [-0.2, 0) is 4.79 Å². The average Bonchev–Trinajstić information content (AvgIpc) is 3.17. The molecule has 3 rings (SSSR count). The topological polar surface area (TPSA) is 66.0 Å². The van der Waals surface area contributed by atoms with E-state index < -0.39 is 0 Å². The molecule has 1 aromatic heterocycles. The van der Waals surface area contributed by atoms with Gasteiger partial charge in [-0.3, -0.25) is 4.79 Å². The molecule has 5 nitrogen and oxygen atoms in total. The number of benzene rings is 1. The zero-order valence-corrected chi connectivity index (χ0v) is 12.4. The smallest absolute Gasteiger partial charge is 0.243 e. The van der Waals surface area contributed by atoms with E-state index in [-0.39, 0.29) is 17.7 Å². The van der Waals surface area contributed by atoms with Gasteiger partial charge in [-0.25, -0.2) is 5.01 Å². The van der Waals surface area contributed by atoms with Crippen molar-refractivity contribution >= 4 is 11.6 Å². The fourth-order valence-electron chi connectivity index (χ4n) is 2.67. The van der Waals surface area contributed by atoms with Crippen LogP contribution in [0.2, 0.25) is 0 Å². The van der Waals surface area contributed by atoms with Crippen molar-refractivity contribution in [3.05, 3.63) is 54.0 Å². The van der Waals surface area contributed by atoms with Gasteiger partial charge in [0.1, 0.15) is 17.2 Å². The van der Waals surface area contributed by atoms with Crippen molar-refractivity contribution in [1.29, 1.82) is 0 Å². The first-order valence-corrected chi connectivity index (χ1v) is 7.42. The molecule has 0 bridgehead atoms. The Balaban J connectivity index is 1.95. The van der Waals surface area contributed by atoms with Crippen LogP contribution in [0.25, 0.3) is 0 Å². The third-order valence-electron chi connectivity index (χ3n) is 3.73. The lowest BCUT2D eigenvalue weighted by molar-refractivity contribution is -0.133. The second kappa shape index (κ2) is 6.05. The number of hydrazone groups is 1. The number of aromatic hydroxyl groups is 1. The Morgan fingerprint density at radius 3 is 2.86 bits per heavy atom. The van der Waals surface area contributed by atoms with Gasteiger partial charge in [0.2, 0.25) is 5.91 Å². The van der Waals surface area contributed by atoms with Crippen LogP contribution in [0.1, 0.15) is 43.6 Å². The molecule has 0 saturated heterocycles. The molecule has 0 spiro atoms. The summed E-state index contributed by atoms with van der Waals surface area (Å²) >= 11 is 0. The van der Waals surface area contributed by atoms with Crippen LogP contribution in [0.3, 0.4) is 0 Å². The maximum absolute atomic E-state index is 12.4. The van der Waals surface area contributed by atoms with E-state index in [9.17, 15) is 9.90 Å². The van der Waals surface area contributed by atoms with Crippen molar-refractivity contribution in [2.45, 2.75) is 32.2 Å². The molecular formula is C17H18N2O3. The van der Waals surface area contributed by atoms with Crippen LogP contribution >= 0.6 is 0 Å². The molecule has 0 fully saturated rings. The highest BCUT2D eigenvalue weighted by atomic mass is 16.3. The van der Waals surface area contributed by atoms with Crippen molar-refractivity contribution in [2.75, 3.05) is 0 Å². The molecule has 114 valence electrons. The van der Waals surface area contributed by atoms with Crippen LogP contribution in [0.5, 0.6) is 5.75 Å². The SMILES string of the molecule is CCCC(=O)N1N=C(c2ccco2)C[C@H]1c1ccccc1O. The first-order chi connectivity index (χ1) is 10.7. The Hall–Kier alpha value is -2.56. The van der Waals surface area contributed by atoms with Gasteiger partial charge in [-0.2, -0.15) is 5.10 Å². The maximum atomic E-state index is 12.4. The monoisotopic (exact) mass is 298 g/mol. The molecular weight excluding hydrogens is 280 g/mol. The second-order valence-electron chi connectivity index (χ2n) is 5.29. The van der Waals surface area contributed by atoms with Gasteiger partial charge in [0.05, 0.1) is 12.3 Å². The van der Waals surface area contributed by atoms with E-state index in [1.54, 1.807) is 24.5 Å². The van der Waals surface area contributed by atoms with E-state index in [1.165, 1.54) is 5.01 Å². The standard InChI is InChI=1S/C17H18N2O3/c1-2-6-17(21)19-14(12-7-3-4-8-15(12)20)11-13(18-19)16-9-5-10-22-16/h3-5,7-10,14,20H,2,6,11H2,1H3/t14-/m0/s1. The van der Waals surface area contributed by atoms with Crippen LogP contribution in [-0.4, -0.2) is 21.7 Å². The molecule has 0 radical (unpaired) electrons. The third-order valence-corrected chi connectivity index (χ3v) is 3.73. The molecule has 2 heterocycles. The van der Waals surface area contributed by atoms with E-state index in [0.717, 1.165) is 12.1 Å². The Kier molecular flexibility index (Phi) is 3.96. The summed E-state index contributed by atoms with van der Waals surface area (Å²) in [6.07, 6.45) is 3.30. The highest BCUT2D eigenvalue weighted by molar-refractivity contribution is 6.01.